The Bertz CT molecular complexity index is 941. The van der Waals surface area contributed by atoms with E-state index in [2.05, 4.69) is 4.98 Å². The lowest BCUT2D eigenvalue weighted by Crippen LogP contribution is -2.50. The number of nitrogens with zero attached hydrogens (tertiary/aromatic N) is 3. The summed E-state index contributed by atoms with van der Waals surface area (Å²) in [5.74, 6) is -0.327. The highest BCUT2D eigenvalue weighted by molar-refractivity contribution is 5.84. The molecule has 0 radical (unpaired) electrons. The van der Waals surface area contributed by atoms with Gasteiger partial charge < -0.3 is 9.80 Å². The zero-order valence-electron chi connectivity index (χ0n) is 16.2. The molecule has 3 aromatic rings. The standard InChI is InChI=1S/C24H24FN3O/c25-22-8-4-5-9-23(22)27-14-16-28(17-15-27)24(29)21(20-6-2-1-3-7-20)18-19-10-12-26-13-11-19/h1-13,21H,14-18H2. The third-order valence-corrected chi connectivity index (χ3v) is 5.47. The quantitative estimate of drug-likeness (QED) is 0.664. The molecule has 1 fully saturated rings. The molecule has 0 spiro atoms. The molecule has 5 heteroatoms. The smallest absolute Gasteiger partial charge is 0.230 e. The Hall–Kier alpha value is -3.21. The van der Waals surface area contributed by atoms with Crippen LogP contribution in [-0.2, 0) is 11.2 Å². The van der Waals surface area contributed by atoms with Crippen LogP contribution in [-0.4, -0.2) is 42.0 Å². The molecule has 1 amide bonds. The van der Waals surface area contributed by atoms with Crippen LogP contribution in [0.15, 0.2) is 79.1 Å². The van der Waals surface area contributed by atoms with Crippen LogP contribution in [0, 0.1) is 5.82 Å². The van der Waals surface area contributed by atoms with E-state index in [1.54, 1.807) is 24.5 Å². The molecule has 0 saturated carbocycles. The van der Waals surface area contributed by atoms with Crippen LogP contribution in [0.3, 0.4) is 0 Å². The van der Waals surface area contributed by atoms with Crippen molar-refractivity contribution in [3.8, 4) is 0 Å². The van der Waals surface area contributed by atoms with Crippen LogP contribution >= 0.6 is 0 Å². The topological polar surface area (TPSA) is 36.4 Å². The first-order valence-corrected chi connectivity index (χ1v) is 9.94. The van der Waals surface area contributed by atoms with Crippen molar-refractivity contribution in [3.05, 3.63) is 96.1 Å². The van der Waals surface area contributed by atoms with E-state index in [0.29, 0.717) is 38.3 Å². The summed E-state index contributed by atoms with van der Waals surface area (Å²) in [7, 11) is 0. The van der Waals surface area contributed by atoms with Crippen LogP contribution in [0.2, 0.25) is 0 Å². The Labute approximate surface area is 170 Å². The minimum absolute atomic E-state index is 0.126. The Kier molecular flexibility index (Phi) is 5.84. The van der Waals surface area contributed by atoms with Crippen LogP contribution in [0.5, 0.6) is 0 Å². The van der Waals surface area contributed by atoms with E-state index < -0.39 is 0 Å². The molecule has 0 N–H and O–H groups in total. The van der Waals surface area contributed by atoms with E-state index in [4.69, 9.17) is 0 Å². The lowest BCUT2D eigenvalue weighted by Gasteiger charge is -2.37. The molecule has 1 aromatic heterocycles. The number of benzene rings is 2. The zero-order chi connectivity index (χ0) is 20.1. The van der Waals surface area contributed by atoms with Gasteiger partial charge in [0, 0.05) is 38.6 Å². The Morgan fingerprint density at radius 1 is 0.897 bits per heavy atom. The molecule has 1 unspecified atom stereocenters. The van der Waals surface area contributed by atoms with Gasteiger partial charge in [0.2, 0.25) is 5.91 Å². The van der Waals surface area contributed by atoms with Gasteiger partial charge in [-0.1, -0.05) is 42.5 Å². The SMILES string of the molecule is O=C(C(Cc1ccncc1)c1ccccc1)N1CCN(c2ccccc2F)CC1. The molecule has 2 heterocycles. The highest BCUT2D eigenvalue weighted by atomic mass is 19.1. The van der Waals surface area contributed by atoms with Crippen LogP contribution in [0.4, 0.5) is 10.1 Å². The number of hydrogen-bond donors (Lipinski definition) is 0. The highest BCUT2D eigenvalue weighted by Crippen LogP contribution is 2.25. The Balaban J connectivity index is 1.49. The number of hydrogen-bond acceptors (Lipinski definition) is 3. The van der Waals surface area contributed by atoms with Crippen molar-refractivity contribution >= 4 is 11.6 Å². The van der Waals surface area contributed by atoms with E-state index >= 15 is 0 Å². The molecule has 1 atom stereocenters. The minimum Gasteiger partial charge on any atom is -0.366 e. The number of rotatable bonds is 5. The van der Waals surface area contributed by atoms with Gasteiger partial charge in [-0.15, -0.1) is 0 Å². The van der Waals surface area contributed by atoms with Crippen molar-refractivity contribution in [2.75, 3.05) is 31.1 Å². The molecule has 1 aliphatic rings. The number of piperazine rings is 1. The van der Waals surface area contributed by atoms with Crippen LogP contribution in [0.25, 0.3) is 0 Å². The Morgan fingerprint density at radius 2 is 1.55 bits per heavy atom. The molecule has 1 aliphatic heterocycles. The second-order valence-electron chi connectivity index (χ2n) is 7.29. The highest BCUT2D eigenvalue weighted by Gasteiger charge is 2.29. The first kappa shape index (κ1) is 19.1. The van der Waals surface area contributed by atoms with Gasteiger partial charge in [-0.05, 0) is 41.8 Å². The second-order valence-corrected chi connectivity index (χ2v) is 7.29. The molecule has 0 aliphatic carbocycles. The summed E-state index contributed by atoms with van der Waals surface area (Å²) in [4.78, 5) is 21.4. The van der Waals surface area contributed by atoms with Gasteiger partial charge in [-0.25, -0.2) is 4.39 Å². The molecule has 2 aromatic carbocycles. The van der Waals surface area contributed by atoms with Crippen molar-refractivity contribution in [2.45, 2.75) is 12.3 Å². The molecule has 4 rings (SSSR count). The first-order valence-electron chi connectivity index (χ1n) is 9.94. The summed E-state index contributed by atoms with van der Waals surface area (Å²) in [6.45, 7) is 2.44. The van der Waals surface area contributed by atoms with Gasteiger partial charge in [0.05, 0.1) is 11.6 Å². The lowest BCUT2D eigenvalue weighted by molar-refractivity contribution is -0.133. The molecule has 29 heavy (non-hydrogen) atoms. The number of anilines is 1. The summed E-state index contributed by atoms with van der Waals surface area (Å²) in [5, 5.41) is 0. The largest absolute Gasteiger partial charge is 0.366 e. The predicted molar refractivity (Wildman–Crippen MR) is 112 cm³/mol. The monoisotopic (exact) mass is 389 g/mol. The summed E-state index contributed by atoms with van der Waals surface area (Å²) in [6.07, 6.45) is 4.16. The molecular weight excluding hydrogens is 365 g/mol. The van der Waals surface area contributed by atoms with E-state index in [0.717, 1.165) is 11.1 Å². The van der Waals surface area contributed by atoms with Crippen molar-refractivity contribution in [3.63, 3.8) is 0 Å². The van der Waals surface area contributed by atoms with Crippen LogP contribution < -0.4 is 4.90 Å². The van der Waals surface area contributed by atoms with Crippen LogP contribution in [0.1, 0.15) is 17.0 Å². The average molecular weight is 389 g/mol. The average Bonchev–Trinajstić information content (AvgIpc) is 2.79. The number of para-hydroxylation sites is 1. The number of halogens is 1. The first-order chi connectivity index (χ1) is 14.2. The predicted octanol–water partition coefficient (Wildman–Crippen LogP) is 3.90. The maximum atomic E-state index is 14.1. The molecular formula is C24H24FN3O. The number of carbonyl (C=O) groups is 1. The van der Waals surface area contributed by atoms with E-state index in [9.17, 15) is 9.18 Å². The Morgan fingerprint density at radius 3 is 2.24 bits per heavy atom. The second kappa shape index (κ2) is 8.86. The number of aromatic nitrogens is 1. The maximum Gasteiger partial charge on any atom is 0.230 e. The zero-order valence-corrected chi connectivity index (χ0v) is 16.2. The number of carbonyl (C=O) groups excluding carboxylic acids is 1. The van der Waals surface area contributed by atoms with Gasteiger partial charge in [0.1, 0.15) is 5.82 Å². The van der Waals surface area contributed by atoms with Gasteiger partial charge in [-0.3, -0.25) is 9.78 Å². The van der Waals surface area contributed by atoms with E-state index in [1.807, 2.05) is 58.3 Å². The fraction of sp³-hybridized carbons (Fsp3) is 0.250. The van der Waals surface area contributed by atoms with Gasteiger partial charge in [0.25, 0.3) is 0 Å². The summed E-state index contributed by atoms with van der Waals surface area (Å²) in [6, 6.07) is 20.7. The van der Waals surface area contributed by atoms with Gasteiger partial charge in [-0.2, -0.15) is 0 Å². The normalized spacial score (nSPS) is 15.2. The fourth-order valence-electron chi connectivity index (χ4n) is 3.88. The summed E-state index contributed by atoms with van der Waals surface area (Å²) in [5.41, 5.74) is 2.72. The van der Waals surface area contributed by atoms with Crippen molar-refractivity contribution in [2.24, 2.45) is 0 Å². The lowest BCUT2D eigenvalue weighted by atomic mass is 9.91. The number of pyridine rings is 1. The fourth-order valence-corrected chi connectivity index (χ4v) is 3.88. The summed E-state index contributed by atoms with van der Waals surface area (Å²) >= 11 is 0. The maximum absolute atomic E-state index is 14.1. The third kappa shape index (κ3) is 4.45. The third-order valence-electron chi connectivity index (χ3n) is 5.47. The summed E-state index contributed by atoms with van der Waals surface area (Å²) < 4.78 is 14.1. The van der Waals surface area contributed by atoms with E-state index in [-0.39, 0.29) is 17.6 Å². The number of amides is 1. The molecule has 0 bridgehead atoms. The van der Waals surface area contributed by atoms with E-state index in [1.165, 1.54) is 6.07 Å². The minimum atomic E-state index is -0.237. The molecule has 148 valence electrons. The van der Waals surface area contributed by atoms with Crippen molar-refractivity contribution < 1.29 is 9.18 Å². The van der Waals surface area contributed by atoms with Crippen molar-refractivity contribution in [1.82, 2.24) is 9.88 Å². The van der Waals surface area contributed by atoms with Gasteiger partial charge in [0.15, 0.2) is 0 Å². The van der Waals surface area contributed by atoms with Crippen molar-refractivity contribution in [1.29, 1.82) is 0 Å². The van der Waals surface area contributed by atoms with Gasteiger partial charge >= 0.3 is 0 Å². The molecule has 1 saturated heterocycles. The molecule has 4 nitrogen and oxygen atoms in total.